The summed E-state index contributed by atoms with van der Waals surface area (Å²) in [6.07, 6.45) is 10.6. The molecule has 4 unspecified atom stereocenters. The number of rotatable bonds is 7. The SMILES string of the molecule is CCCCC(O)CNCC1CC2C=CC1C2. The number of allylic oxidation sites excluding steroid dienone is 2. The van der Waals surface area contributed by atoms with E-state index >= 15 is 0 Å². The van der Waals surface area contributed by atoms with Crippen molar-refractivity contribution in [2.75, 3.05) is 13.1 Å². The molecule has 4 atom stereocenters. The zero-order chi connectivity index (χ0) is 11.4. The topological polar surface area (TPSA) is 32.3 Å². The van der Waals surface area contributed by atoms with E-state index in [1.165, 1.54) is 19.3 Å². The summed E-state index contributed by atoms with van der Waals surface area (Å²) >= 11 is 0. The molecule has 1 fully saturated rings. The maximum Gasteiger partial charge on any atom is 0.0664 e. The van der Waals surface area contributed by atoms with Gasteiger partial charge in [0.05, 0.1) is 6.10 Å². The number of hydrogen-bond donors (Lipinski definition) is 2. The van der Waals surface area contributed by atoms with Gasteiger partial charge in [-0.25, -0.2) is 0 Å². The van der Waals surface area contributed by atoms with Crippen molar-refractivity contribution in [3.05, 3.63) is 12.2 Å². The summed E-state index contributed by atoms with van der Waals surface area (Å²) in [5, 5.41) is 13.1. The van der Waals surface area contributed by atoms with E-state index in [1.807, 2.05) is 0 Å². The standard InChI is InChI=1S/C14H25NO/c1-2-3-4-14(16)10-15-9-13-8-11-5-6-12(13)7-11/h5-6,11-16H,2-4,7-10H2,1H3. The van der Waals surface area contributed by atoms with Gasteiger partial charge in [0.1, 0.15) is 0 Å². The van der Waals surface area contributed by atoms with Crippen molar-refractivity contribution in [2.45, 2.75) is 45.1 Å². The van der Waals surface area contributed by atoms with Gasteiger partial charge in [0.2, 0.25) is 0 Å². The minimum atomic E-state index is -0.144. The van der Waals surface area contributed by atoms with Gasteiger partial charge in [-0.05, 0) is 43.6 Å². The molecule has 0 saturated heterocycles. The quantitative estimate of drug-likeness (QED) is 0.649. The van der Waals surface area contributed by atoms with Gasteiger partial charge in [0, 0.05) is 6.54 Å². The summed E-state index contributed by atoms with van der Waals surface area (Å²) in [4.78, 5) is 0. The molecular formula is C14H25NO. The van der Waals surface area contributed by atoms with Crippen LogP contribution in [0.3, 0.4) is 0 Å². The van der Waals surface area contributed by atoms with E-state index in [2.05, 4.69) is 24.4 Å². The van der Waals surface area contributed by atoms with Crippen LogP contribution in [0.1, 0.15) is 39.0 Å². The second kappa shape index (κ2) is 5.83. The molecule has 0 spiro atoms. The maximum absolute atomic E-state index is 9.71. The molecule has 2 heteroatoms. The normalized spacial score (nSPS) is 33.5. The molecule has 2 nitrogen and oxygen atoms in total. The van der Waals surface area contributed by atoms with Gasteiger partial charge in [-0.2, -0.15) is 0 Å². The summed E-state index contributed by atoms with van der Waals surface area (Å²) in [5.74, 6) is 2.51. The Morgan fingerprint density at radius 1 is 1.38 bits per heavy atom. The van der Waals surface area contributed by atoms with Gasteiger partial charge in [-0.1, -0.05) is 31.9 Å². The predicted octanol–water partition coefficient (Wildman–Crippen LogP) is 2.34. The number of aliphatic hydroxyl groups is 1. The van der Waals surface area contributed by atoms with Crippen LogP contribution in [0.2, 0.25) is 0 Å². The highest BCUT2D eigenvalue weighted by atomic mass is 16.3. The van der Waals surface area contributed by atoms with Crippen LogP contribution in [0, 0.1) is 17.8 Å². The highest BCUT2D eigenvalue weighted by Crippen LogP contribution is 2.42. The van der Waals surface area contributed by atoms with Gasteiger partial charge in [0.25, 0.3) is 0 Å². The second-order valence-electron chi connectivity index (χ2n) is 5.49. The molecule has 0 heterocycles. The molecule has 0 aromatic carbocycles. The zero-order valence-corrected chi connectivity index (χ0v) is 10.4. The van der Waals surface area contributed by atoms with Crippen molar-refractivity contribution in [1.82, 2.24) is 5.32 Å². The van der Waals surface area contributed by atoms with Gasteiger partial charge in [0.15, 0.2) is 0 Å². The smallest absolute Gasteiger partial charge is 0.0664 e. The summed E-state index contributed by atoms with van der Waals surface area (Å²) < 4.78 is 0. The van der Waals surface area contributed by atoms with Crippen LogP contribution in [-0.4, -0.2) is 24.3 Å². The fourth-order valence-electron chi connectivity index (χ4n) is 3.11. The lowest BCUT2D eigenvalue weighted by Gasteiger charge is -2.19. The lowest BCUT2D eigenvalue weighted by Crippen LogP contribution is -2.32. The summed E-state index contributed by atoms with van der Waals surface area (Å²) in [6.45, 7) is 4.04. The average Bonchev–Trinajstić information content (AvgIpc) is 2.88. The lowest BCUT2D eigenvalue weighted by molar-refractivity contribution is 0.156. The first kappa shape index (κ1) is 12.1. The Kier molecular flexibility index (Phi) is 4.42. The average molecular weight is 223 g/mol. The third kappa shape index (κ3) is 3.08. The van der Waals surface area contributed by atoms with E-state index in [-0.39, 0.29) is 6.10 Å². The minimum absolute atomic E-state index is 0.144. The third-order valence-electron chi connectivity index (χ3n) is 4.09. The van der Waals surface area contributed by atoms with Crippen molar-refractivity contribution in [1.29, 1.82) is 0 Å². The first-order valence-corrected chi connectivity index (χ1v) is 6.86. The Bertz CT molecular complexity index is 239. The lowest BCUT2D eigenvalue weighted by atomic mass is 9.93. The summed E-state index contributed by atoms with van der Waals surface area (Å²) in [5.41, 5.74) is 0. The molecule has 0 amide bonds. The number of nitrogens with one attached hydrogen (secondary N) is 1. The Morgan fingerprint density at radius 3 is 2.88 bits per heavy atom. The van der Waals surface area contributed by atoms with Gasteiger partial charge in [-0.3, -0.25) is 0 Å². The van der Waals surface area contributed by atoms with Crippen molar-refractivity contribution in [2.24, 2.45) is 17.8 Å². The van der Waals surface area contributed by atoms with Crippen molar-refractivity contribution >= 4 is 0 Å². The Hall–Kier alpha value is -0.340. The van der Waals surface area contributed by atoms with Gasteiger partial charge < -0.3 is 10.4 Å². The second-order valence-corrected chi connectivity index (χ2v) is 5.49. The molecule has 2 aliphatic rings. The fraction of sp³-hybridized carbons (Fsp3) is 0.857. The van der Waals surface area contributed by atoms with Crippen molar-refractivity contribution in [3.8, 4) is 0 Å². The van der Waals surface area contributed by atoms with E-state index in [4.69, 9.17) is 0 Å². The molecule has 92 valence electrons. The molecule has 1 saturated carbocycles. The van der Waals surface area contributed by atoms with Crippen LogP contribution in [-0.2, 0) is 0 Å². The number of fused-ring (bicyclic) bond motifs is 2. The van der Waals surface area contributed by atoms with E-state index in [0.29, 0.717) is 0 Å². The van der Waals surface area contributed by atoms with Gasteiger partial charge >= 0.3 is 0 Å². The molecule has 2 aliphatic carbocycles. The van der Waals surface area contributed by atoms with Crippen molar-refractivity contribution in [3.63, 3.8) is 0 Å². The van der Waals surface area contributed by atoms with E-state index in [1.54, 1.807) is 0 Å². The van der Waals surface area contributed by atoms with E-state index in [0.717, 1.165) is 43.7 Å². The maximum atomic E-state index is 9.71. The molecule has 0 aromatic heterocycles. The molecule has 2 rings (SSSR count). The zero-order valence-electron chi connectivity index (χ0n) is 10.4. The number of hydrogen-bond acceptors (Lipinski definition) is 2. The first-order chi connectivity index (χ1) is 7.79. The van der Waals surface area contributed by atoms with E-state index in [9.17, 15) is 5.11 Å². The highest BCUT2D eigenvalue weighted by molar-refractivity contribution is 5.10. The molecule has 0 aliphatic heterocycles. The predicted molar refractivity (Wildman–Crippen MR) is 67.2 cm³/mol. The van der Waals surface area contributed by atoms with Crippen LogP contribution in [0.5, 0.6) is 0 Å². The van der Waals surface area contributed by atoms with Crippen molar-refractivity contribution < 1.29 is 5.11 Å². The van der Waals surface area contributed by atoms with Crippen LogP contribution in [0.15, 0.2) is 12.2 Å². The molecule has 2 N–H and O–H groups in total. The minimum Gasteiger partial charge on any atom is -0.392 e. The molecular weight excluding hydrogens is 198 g/mol. The molecule has 0 radical (unpaired) electrons. The third-order valence-corrected chi connectivity index (χ3v) is 4.09. The Labute approximate surface area is 99.1 Å². The molecule has 0 aromatic rings. The molecule has 16 heavy (non-hydrogen) atoms. The Balaban J connectivity index is 1.56. The highest BCUT2D eigenvalue weighted by Gasteiger charge is 2.34. The largest absolute Gasteiger partial charge is 0.392 e. The number of aliphatic hydroxyl groups excluding tert-OH is 1. The van der Waals surface area contributed by atoms with E-state index < -0.39 is 0 Å². The molecule has 2 bridgehead atoms. The monoisotopic (exact) mass is 223 g/mol. The van der Waals surface area contributed by atoms with Crippen LogP contribution >= 0.6 is 0 Å². The van der Waals surface area contributed by atoms with Crippen LogP contribution < -0.4 is 5.32 Å². The number of unbranched alkanes of at least 4 members (excludes halogenated alkanes) is 1. The fourth-order valence-corrected chi connectivity index (χ4v) is 3.11. The Morgan fingerprint density at radius 2 is 2.25 bits per heavy atom. The van der Waals surface area contributed by atoms with Crippen LogP contribution in [0.4, 0.5) is 0 Å². The summed E-state index contributed by atoms with van der Waals surface area (Å²) in [6, 6.07) is 0. The summed E-state index contributed by atoms with van der Waals surface area (Å²) in [7, 11) is 0. The van der Waals surface area contributed by atoms with Crippen LogP contribution in [0.25, 0.3) is 0 Å². The van der Waals surface area contributed by atoms with Gasteiger partial charge in [-0.15, -0.1) is 0 Å². The first-order valence-electron chi connectivity index (χ1n) is 6.86.